The fourth-order valence-corrected chi connectivity index (χ4v) is 4.04. The highest BCUT2D eigenvalue weighted by Gasteiger charge is 2.26. The van der Waals surface area contributed by atoms with Crippen LogP contribution in [0.3, 0.4) is 0 Å². The molecule has 1 aromatic heterocycles. The predicted octanol–water partition coefficient (Wildman–Crippen LogP) is 2.56. The zero-order valence-corrected chi connectivity index (χ0v) is 17.0. The van der Waals surface area contributed by atoms with E-state index in [4.69, 9.17) is 11.6 Å². The summed E-state index contributed by atoms with van der Waals surface area (Å²) in [5, 5.41) is 12.3. The number of rotatable bonds is 4. The highest BCUT2D eigenvalue weighted by Crippen LogP contribution is 2.22. The molecular formula is C21H25ClN5O+. The normalized spacial score (nSPS) is 19.7. The van der Waals surface area contributed by atoms with Crippen LogP contribution in [0.1, 0.15) is 30.0 Å². The molecule has 0 bridgehead atoms. The molecule has 4 rings (SSSR count). The highest BCUT2D eigenvalue weighted by molar-refractivity contribution is 6.31. The van der Waals surface area contributed by atoms with E-state index >= 15 is 0 Å². The summed E-state index contributed by atoms with van der Waals surface area (Å²) in [4.78, 5) is 13.7. The van der Waals surface area contributed by atoms with Crippen LogP contribution in [0.5, 0.6) is 0 Å². The Morgan fingerprint density at radius 2 is 2.00 bits per heavy atom. The first-order chi connectivity index (χ1) is 13.5. The molecule has 1 aliphatic heterocycles. The van der Waals surface area contributed by atoms with Crippen LogP contribution in [-0.4, -0.2) is 40.5 Å². The van der Waals surface area contributed by atoms with Gasteiger partial charge in [0, 0.05) is 23.6 Å². The summed E-state index contributed by atoms with van der Waals surface area (Å²) in [6.45, 7) is 6.37. The van der Waals surface area contributed by atoms with Gasteiger partial charge in [-0.25, -0.2) is 4.68 Å². The average molecular weight is 399 g/mol. The van der Waals surface area contributed by atoms with E-state index < -0.39 is 0 Å². The number of hydrogen-bond acceptors (Lipinski definition) is 3. The number of halogens is 1. The van der Waals surface area contributed by atoms with Gasteiger partial charge in [0.1, 0.15) is 5.52 Å². The molecule has 0 aliphatic carbocycles. The molecule has 1 saturated heterocycles. The van der Waals surface area contributed by atoms with Crippen molar-refractivity contribution in [2.45, 2.75) is 32.7 Å². The van der Waals surface area contributed by atoms with Gasteiger partial charge in [-0.05, 0) is 49.2 Å². The molecular weight excluding hydrogens is 374 g/mol. The van der Waals surface area contributed by atoms with Crippen LogP contribution in [-0.2, 0) is 4.79 Å². The van der Waals surface area contributed by atoms with Crippen molar-refractivity contribution in [3.05, 3.63) is 52.5 Å². The van der Waals surface area contributed by atoms with E-state index in [9.17, 15) is 4.79 Å². The van der Waals surface area contributed by atoms with E-state index in [0.717, 1.165) is 48.2 Å². The number of amides is 1. The number of quaternary nitrogens is 1. The third-order valence-corrected chi connectivity index (χ3v) is 5.91. The van der Waals surface area contributed by atoms with E-state index in [2.05, 4.69) is 45.4 Å². The molecule has 146 valence electrons. The molecule has 1 amide bonds. The molecule has 0 atom stereocenters. The molecule has 0 unspecified atom stereocenters. The Balaban J connectivity index is 1.33. The fourth-order valence-electron chi connectivity index (χ4n) is 3.86. The van der Waals surface area contributed by atoms with E-state index in [1.807, 2.05) is 19.1 Å². The number of carbonyl (C=O) groups is 1. The maximum Gasteiger partial charge on any atom is 0.279 e. The number of nitrogens with zero attached hydrogens (tertiary/aromatic N) is 3. The van der Waals surface area contributed by atoms with Gasteiger partial charge in [0.15, 0.2) is 6.54 Å². The molecule has 7 heteroatoms. The predicted molar refractivity (Wildman–Crippen MR) is 111 cm³/mol. The molecule has 2 aromatic carbocycles. The number of benzene rings is 2. The molecule has 0 spiro atoms. The van der Waals surface area contributed by atoms with E-state index in [1.165, 1.54) is 10.5 Å². The second-order valence-electron chi connectivity index (χ2n) is 7.70. The van der Waals surface area contributed by atoms with Crippen molar-refractivity contribution in [3.8, 4) is 0 Å². The molecule has 1 aliphatic rings. The summed E-state index contributed by atoms with van der Waals surface area (Å²) in [5.41, 5.74) is 4.99. The van der Waals surface area contributed by atoms with Crippen LogP contribution in [0.4, 0.5) is 5.69 Å². The van der Waals surface area contributed by atoms with Crippen LogP contribution in [0, 0.1) is 13.8 Å². The maximum absolute atomic E-state index is 12.4. The zero-order valence-electron chi connectivity index (χ0n) is 16.2. The fraction of sp³-hybridized carbons (Fsp3) is 0.381. The second kappa shape index (κ2) is 7.89. The smallest absolute Gasteiger partial charge is 0.279 e. The van der Waals surface area contributed by atoms with Crippen molar-refractivity contribution in [1.82, 2.24) is 15.0 Å². The first-order valence-electron chi connectivity index (χ1n) is 9.71. The second-order valence-corrected chi connectivity index (χ2v) is 8.10. The Labute approximate surface area is 169 Å². The number of anilines is 1. The quantitative estimate of drug-likeness (QED) is 0.710. The van der Waals surface area contributed by atoms with Gasteiger partial charge in [-0.1, -0.05) is 28.9 Å². The van der Waals surface area contributed by atoms with Crippen molar-refractivity contribution in [2.75, 3.05) is 25.0 Å². The number of hydrogen-bond donors (Lipinski definition) is 2. The van der Waals surface area contributed by atoms with E-state index in [1.54, 1.807) is 6.07 Å². The van der Waals surface area contributed by atoms with Crippen molar-refractivity contribution < 1.29 is 9.69 Å². The maximum atomic E-state index is 12.4. The molecule has 1 fully saturated rings. The Morgan fingerprint density at radius 3 is 2.75 bits per heavy atom. The van der Waals surface area contributed by atoms with E-state index in [0.29, 0.717) is 17.6 Å². The summed E-state index contributed by atoms with van der Waals surface area (Å²) in [5.74, 6) is 0.0232. The number of piperidine rings is 1. The lowest BCUT2D eigenvalue weighted by Gasteiger charge is -2.29. The van der Waals surface area contributed by atoms with Gasteiger partial charge in [-0.3, -0.25) is 4.79 Å². The molecule has 6 nitrogen and oxygen atoms in total. The Bertz CT molecular complexity index is 1010. The Morgan fingerprint density at radius 1 is 1.21 bits per heavy atom. The van der Waals surface area contributed by atoms with Gasteiger partial charge >= 0.3 is 0 Å². The van der Waals surface area contributed by atoms with Crippen molar-refractivity contribution >= 4 is 34.2 Å². The minimum absolute atomic E-state index is 0.0232. The highest BCUT2D eigenvalue weighted by atomic mass is 35.5. The van der Waals surface area contributed by atoms with Gasteiger partial charge in [-0.15, -0.1) is 5.10 Å². The van der Waals surface area contributed by atoms with Gasteiger partial charge in [0.05, 0.1) is 24.6 Å². The van der Waals surface area contributed by atoms with Crippen LogP contribution in [0.25, 0.3) is 11.0 Å². The number of fused-ring (bicyclic) bond motifs is 1. The van der Waals surface area contributed by atoms with E-state index in [-0.39, 0.29) is 5.91 Å². The van der Waals surface area contributed by atoms with Gasteiger partial charge in [0.2, 0.25) is 0 Å². The van der Waals surface area contributed by atoms with Crippen molar-refractivity contribution in [3.63, 3.8) is 0 Å². The minimum Gasteiger partial charge on any atom is -0.327 e. The zero-order chi connectivity index (χ0) is 19.7. The number of carbonyl (C=O) groups excluding carboxylic acids is 1. The summed E-state index contributed by atoms with van der Waals surface area (Å²) in [6.07, 6.45) is 1.98. The van der Waals surface area contributed by atoms with Crippen LogP contribution in [0.2, 0.25) is 5.02 Å². The number of aryl methyl sites for hydroxylation is 2. The molecule has 2 heterocycles. The summed E-state index contributed by atoms with van der Waals surface area (Å²) in [7, 11) is 0. The van der Waals surface area contributed by atoms with Crippen molar-refractivity contribution in [2.24, 2.45) is 0 Å². The molecule has 28 heavy (non-hydrogen) atoms. The summed E-state index contributed by atoms with van der Waals surface area (Å²) in [6, 6.07) is 12.2. The first kappa shape index (κ1) is 18.9. The lowest BCUT2D eigenvalue weighted by Crippen LogP contribution is -3.14. The van der Waals surface area contributed by atoms with Crippen molar-refractivity contribution in [1.29, 1.82) is 0 Å². The lowest BCUT2D eigenvalue weighted by atomic mass is 10.0. The van der Waals surface area contributed by atoms with Crippen LogP contribution in [0.15, 0.2) is 36.4 Å². The molecule has 0 radical (unpaired) electrons. The monoisotopic (exact) mass is 398 g/mol. The van der Waals surface area contributed by atoms with Gasteiger partial charge in [0.25, 0.3) is 5.91 Å². The molecule has 2 N–H and O–H groups in total. The Hall–Kier alpha value is -2.44. The topological polar surface area (TPSA) is 64.2 Å². The largest absolute Gasteiger partial charge is 0.327 e. The first-order valence-corrected chi connectivity index (χ1v) is 10.1. The SMILES string of the molecule is Cc1ccc2c(c1)nnn2C1CC[NH+](CC(=O)Nc2ccc(C)c(Cl)c2)CC1. The standard InChI is InChI=1S/C21H24ClN5O/c1-14-3-6-20-19(11-14)24-25-27(20)17-7-9-26(10-8-17)13-21(28)23-16-5-4-15(2)18(22)12-16/h3-6,11-12,17H,7-10,13H2,1-2H3,(H,23,28)/p+1. The third-order valence-electron chi connectivity index (χ3n) is 5.50. The van der Waals surface area contributed by atoms with Gasteiger partial charge in [-0.2, -0.15) is 0 Å². The number of nitrogens with one attached hydrogen (secondary N) is 2. The average Bonchev–Trinajstić information content (AvgIpc) is 3.08. The number of likely N-dealkylation sites (tertiary alicyclic amines) is 1. The minimum atomic E-state index is 0.0232. The molecule has 0 saturated carbocycles. The van der Waals surface area contributed by atoms with Crippen LogP contribution < -0.4 is 10.2 Å². The summed E-state index contributed by atoms with van der Waals surface area (Å²) < 4.78 is 2.06. The van der Waals surface area contributed by atoms with Gasteiger partial charge < -0.3 is 10.2 Å². The Kier molecular flexibility index (Phi) is 5.33. The summed E-state index contributed by atoms with van der Waals surface area (Å²) >= 11 is 6.13. The number of aromatic nitrogens is 3. The lowest BCUT2D eigenvalue weighted by molar-refractivity contribution is -0.897. The van der Waals surface area contributed by atoms with Crippen LogP contribution >= 0.6 is 11.6 Å². The third kappa shape index (κ3) is 4.03. The molecule has 3 aromatic rings.